The first-order valence-corrected chi connectivity index (χ1v) is 10.2. The molecule has 0 atom stereocenters. The second kappa shape index (κ2) is 8.11. The number of fused-ring (bicyclic) bond motifs is 1. The summed E-state index contributed by atoms with van der Waals surface area (Å²) in [6.07, 6.45) is 7.50. The smallest absolute Gasteiger partial charge is 0.341 e. The van der Waals surface area contributed by atoms with Crippen molar-refractivity contribution in [2.24, 2.45) is 4.99 Å². The fraction of sp³-hybridized carbons (Fsp3) is 0.389. The topological polar surface area (TPSA) is 146 Å². The SMILES string of the molecule is O=C(O)COc1cc2ncc(S(=O)(=O)O)cc2c(C=NC2CCCCC2)c1O. The zero-order valence-corrected chi connectivity index (χ0v) is 15.7. The van der Waals surface area contributed by atoms with Crippen molar-refractivity contribution in [1.29, 1.82) is 0 Å². The third-order valence-corrected chi connectivity index (χ3v) is 5.40. The molecule has 1 saturated carbocycles. The van der Waals surface area contributed by atoms with Crippen LogP contribution in [0.4, 0.5) is 0 Å². The Labute approximate surface area is 161 Å². The van der Waals surface area contributed by atoms with Gasteiger partial charge >= 0.3 is 5.97 Å². The van der Waals surface area contributed by atoms with E-state index in [4.69, 9.17) is 9.84 Å². The van der Waals surface area contributed by atoms with E-state index in [1.54, 1.807) is 0 Å². The lowest BCUT2D eigenvalue weighted by atomic mass is 9.96. The summed E-state index contributed by atoms with van der Waals surface area (Å²) in [6, 6.07) is 2.57. The quantitative estimate of drug-likeness (QED) is 0.488. The lowest BCUT2D eigenvalue weighted by Crippen LogP contribution is -2.11. The average molecular weight is 408 g/mol. The van der Waals surface area contributed by atoms with Crippen LogP contribution in [0, 0.1) is 0 Å². The number of pyridine rings is 1. The third kappa shape index (κ3) is 4.57. The van der Waals surface area contributed by atoms with E-state index in [1.165, 1.54) is 18.3 Å². The first-order valence-electron chi connectivity index (χ1n) is 8.76. The standard InChI is InChI=1S/C18H20N2O7S/c21-17(22)10-27-16-7-15-13(6-12(8-20-15)28(24,25)26)14(18(16)23)9-19-11-4-2-1-3-5-11/h6-9,11,23H,1-5,10H2,(H,21,22)(H,24,25,26). The van der Waals surface area contributed by atoms with Crippen molar-refractivity contribution < 1.29 is 32.7 Å². The minimum absolute atomic E-state index is 0.0875. The first-order chi connectivity index (χ1) is 13.3. The van der Waals surface area contributed by atoms with Gasteiger partial charge in [-0.25, -0.2) is 4.79 Å². The minimum atomic E-state index is -4.49. The van der Waals surface area contributed by atoms with Gasteiger partial charge in [0.2, 0.25) is 0 Å². The molecule has 0 amide bonds. The van der Waals surface area contributed by atoms with Crippen molar-refractivity contribution in [3.05, 3.63) is 23.9 Å². The van der Waals surface area contributed by atoms with Gasteiger partial charge in [0.1, 0.15) is 4.90 Å². The van der Waals surface area contributed by atoms with Crippen molar-refractivity contribution in [1.82, 2.24) is 4.98 Å². The predicted molar refractivity (Wildman–Crippen MR) is 101 cm³/mol. The molecule has 1 aromatic heterocycles. The number of aromatic hydroxyl groups is 1. The highest BCUT2D eigenvalue weighted by Crippen LogP contribution is 2.36. The van der Waals surface area contributed by atoms with E-state index in [1.807, 2.05) is 0 Å². The van der Waals surface area contributed by atoms with Crippen LogP contribution >= 0.6 is 0 Å². The van der Waals surface area contributed by atoms with Gasteiger partial charge in [-0.3, -0.25) is 14.5 Å². The zero-order chi connectivity index (χ0) is 20.3. The number of carboxylic acids is 1. The Bertz CT molecular complexity index is 1030. The summed E-state index contributed by atoms with van der Waals surface area (Å²) in [5.41, 5.74) is 0.414. The van der Waals surface area contributed by atoms with E-state index >= 15 is 0 Å². The number of nitrogens with zero attached hydrogens (tertiary/aromatic N) is 2. The average Bonchev–Trinajstić information content (AvgIpc) is 2.65. The maximum absolute atomic E-state index is 11.5. The van der Waals surface area contributed by atoms with Crippen LogP contribution in [0.15, 0.2) is 28.2 Å². The highest BCUT2D eigenvalue weighted by atomic mass is 32.2. The van der Waals surface area contributed by atoms with E-state index in [2.05, 4.69) is 9.98 Å². The van der Waals surface area contributed by atoms with Crippen LogP contribution in [-0.2, 0) is 14.9 Å². The molecule has 0 aliphatic heterocycles. The molecule has 0 radical (unpaired) electrons. The molecule has 2 aromatic rings. The summed E-state index contributed by atoms with van der Waals surface area (Å²) in [5.74, 6) is -1.69. The summed E-state index contributed by atoms with van der Waals surface area (Å²) in [6.45, 7) is -0.665. The summed E-state index contributed by atoms with van der Waals surface area (Å²) >= 11 is 0. The van der Waals surface area contributed by atoms with Gasteiger partial charge in [-0.05, 0) is 18.9 Å². The third-order valence-electron chi connectivity index (χ3n) is 4.58. The molecule has 28 heavy (non-hydrogen) atoms. The van der Waals surface area contributed by atoms with Crippen molar-refractivity contribution in [3.8, 4) is 11.5 Å². The zero-order valence-electron chi connectivity index (χ0n) is 14.9. The molecule has 1 aliphatic rings. The van der Waals surface area contributed by atoms with Crippen LogP contribution in [0.1, 0.15) is 37.7 Å². The van der Waals surface area contributed by atoms with Crippen LogP contribution in [0.2, 0.25) is 0 Å². The number of aliphatic carboxylic acids is 1. The van der Waals surface area contributed by atoms with Gasteiger partial charge < -0.3 is 14.9 Å². The molecular formula is C18H20N2O7S. The number of benzene rings is 1. The van der Waals surface area contributed by atoms with Gasteiger partial charge in [-0.2, -0.15) is 8.42 Å². The summed E-state index contributed by atoms with van der Waals surface area (Å²) in [5, 5.41) is 19.6. The fourth-order valence-electron chi connectivity index (χ4n) is 3.17. The number of aliphatic imine (C=N–C) groups is 1. The Morgan fingerprint density at radius 2 is 2.00 bits per heavy atom. The lowest BCUT2D eigenvalue weighted by molar-refractivity contribution is -0.139. The number of phenolic OH excluding ortho intramolecular Hbond substituents is 1. The van der Waals surface area contributed by atoms with E-state index < -0.39 is 27.6 Å². The van der Waals surface area contributed by atoms with E-state index in [-0.39, 0.29) is 34.0 Å². The Kier molecular flexibility index (Phi) is 5.80. The molecule has 10 heteroatoms. The van der Waals surface area contributed by atoms with Gasteiger partial charge in [0.25, 0.3) is 10.1 Å². The van der Waals surface area contributed by atoms with Crippen LogP contribution in [0.5, 0.6) is 11.5 Å². The number of ether oxygens (including phenoxy) is 1. The monoisotopic (exact) mass is 408 g/mol. The predicted octanol–water partition coefficient (Wildman–Crippen LogP) is 2.40. The second-order valence-corrected chi connectivity index (χ2v) is 8.02. The molecule has 1 heterocycles. The highest BCUT2D eigenvalue weighted by Gasteiger charge is 2.19. The molecule has 150 valence electrons. The van der Waals surface area contributed by atoms with Crippen LogP contribution in [0.25, 0.3) is 10.9 Å². The molecule has 0 bridgehead atoms. The van der Waals surface area contributed by atoms with Crippen LogP contribution < -0.4 is 4.74 Å². The van der Waals surface area contributed by atoms with Crippen molar-refractivity contribution in [2.75, 3.05) is 6.61 Å². The van der Waals surface area contributed by atoms with E-state index in [9.17, 15) is 22.9 Å². The maximum Gasteiger partial charge on any atom is 0.341 e. The number of carbonyl (C=O) groups is 1. The van der Waals surface area contributed by atoms with Crippen LogP contribution in [-0.4, -0.2) is 53.0 Å². The highest BCUT2D eigenvalue weighted by molar-refractivity contribution is 7.85. The fourth-order valence-corrected chi connectivity index (χ4v) is 3.62. The molecule has 0 spiro atoms. The molecule has 1 aliphatic carbocycles. The number of hydrogen-bond acceptors (Lipinski definition) is 7. The molecule has 1 fully saturated rings. The molecule has 3 rings (SSSR count). The number of phenols is 1. The Morgan fingerprint density at radius 1 is 1.29 bits per heavy atom. The molecular weight excluding hydrogens is 388 g/mol. The molecule has 0 saturated heterocycles. The van der Waals surface area contributed by atoms with E-state index in [0.717, 1.165) is 38.3 Å². The normalized spacial score (nSPS) is 15.9. The van der Waals surface area contributed by atoms with Crippen LogP contribution in [0.3, 0.4) is 0 Å². The number of carboxylic acid groups (broad SMARTS) is 1. The summed E-state index contributed by atoms with van der Waals surface area (Å²) in [4.78, 5) is 18.8. The largest absolute Gasteiger partial charge is 0.504 e. The number of hydrogen-bond donors (Lipinski definition) is 3. The minimum Gasteiger partial charge on any atom is -0.504 e. The van der Waals surface area contributed by atoms with E-state index in [0.29, 0.717) is 0 Å². The van der Waals surface area contributed by atoms with Gasteiger partial charge in [-0.15, -0.1) is 0 Å². The van der Waals surface area contributed by atoms with Gasteiger partial charge in [0, 0.05) is 35.5 Å². The van der Waals surface area contributed by atoms with Crippen molar-refractivity contribution >= 4 is 33.2 Å². The van der Waals surface area contributed by atoms with Crippen molar-refractivity contribution in [2.45, 2.75) is 43.0 Å². The number of aromatic nitrogens is 1. The maximum atomic E-state index is 11.5. The van der Waals surface area contributed by atoms with Gasteiger partial charge in [-0.1, -0.05) is 19.3 Å². The molecule has 0 unspecified atom stereocenters. The molecule has 3 N–H and O–H groups in total. The Balaban J connectivity index is 2.12. The Morgan fingerprint density at radius 3 is 2.64 bits per heavy atom. The lowest BCUT2D eigenvalue weighted by Gasteiger charge is -2.17. The van der Waals surface area contributed by atoms with Gasteiger partial charge in [0.05, 0.1) is 5.52 Å². The molecule has 9 nitrogen and oxygen atoms in total. The number of rotatable bonds is 6. The van der Waals surface area contributed by atoms with Gasteiger partial charge in [0.15, 0.2) is 18.1 Å². The summed E-state index contributed by atoms with van der Waals surface area (Å²) in [7, 11) is -4.49. The first kappa shape index (κ1) is 20.0. The summed E-state index contributed by atoms with van der Waals surface area (Å²) < 4.78 is 37.3. The second-order valence-electron chi connectivity index (χ2n) is 6.60. The van der Waals surface area contributed by atoms with Crippen molar-refractivity contribution in [3.63, 3.8) is 0 Å². The Hall–Kier alpha value is -2.72. The molecule has 1 aromatic carbocycles.